The number of esters is 1. The predicted octanol–water partition coefficient (Wildman–Crippen LogP) is 3.18. The maximum atomic E-state index is 11.9. The van der Waals surface area contributed by atoms with Crippen LogP contribution in [0.1, 0.15) is 18.9 Å². The maximum absolute atomic E-state index is 11.9. The summed E-state index contributed by atoms with van der Waals surface area (Å²) < 4.78 is 4.98. The van der Waals surface area contributed by atoms with Crippen LogP contribution in [0.4, 0.5) is 5.69 Å². The second-order valence-electron chi connectivity index (χ2n) is 4.66. The lowest BCUT2D eigenvalue weighted by Crippen LogP contribution is -2.12. The lowest BCUT2D eigenvalue weighted by molar-refractivity contribution is -0.131. The number of nitrogens with one attached hydrogen (secondary N) is 1. The minimum Gasteiger partial charge on any atom is -0.427 e. The van der Waals surface area contributed by atoms with Crippen molar-refractivity contribution in [2.24, 2.45) is 0 Å². The molecule has 0 spiro atoms. The van der Waals surface area contributed by atoms with E-state index in [0.717, 1.165) is 5.56 Å². The molecular formula is C17H17NO3. The smallest absolute Gasteiger partial charge is 0.308 e. The van der Waals surface area contributed by atoms with Crippen molar-refractivity contribution >= 4 is 17.6 Å². The normalized spacial score (nSPS) is 9.95. The van der Waals surface area contributed by atoms with Crippen molar-refractivity contribution in [3.8, 4) is 5.75 Å². The Morgan fingerprint density at radius 3 is 2.52 bits per heavy atom. The molecule has 2 aromatic carbocycles. The van der Waals surface area contributed by atoms with Crippen LogP contribution in [-0.2, 0) is 16.0 Å². The quantitative estimate of drug-likeness (QED) is 0.677. The monoisotopic (exact) mass is 283 g/mol. The summed E-state index contributed by atoms with van der Waals surface area (Å²) in [6.07, 6.45) is 1.10. The first-order chi connectivity index (χ1) is 10.1. The largest absolute Gasteiger partial charge is 0.427 e. The van der Waals surface area contributed by atoms with Gasteiger partial charge >= 0.3 is 5.97 Å². The van der Waals surface area contributed by atoms with Gasteiger partial charge in [0.25, 0.3) is 0 Å². The number of anilines is 1. The van der Waals surface area contributed by atoms with Gasteiger partial charge in [-0.2, -0.15) is 0 Å². The number of rotatable bonds is 5. The molecule has 4 heteroatoms. The Bertz CT molecular complexity index is 623. The molecule has 1 N–H and O–H groups in total. The minimum absolute atomic E-state index is 0.0705. The van der Waals surface area contributed by atoms with Gasteiger partial charge in [0.15, 0.2) is 0 Å². The molecule has 2 aromatic rings. The van der Waals surface area contributed by atoms with Gasteiger partial charge in [0.2, 0.25) is 5.91 Å². The number of carbonyl (C=O) groups excluding carboxylic acids is 2. The molecular weight excluding hydrogens is 266 g/mol. The Morgan fingerprint density at radius 2 is 1.81 bits per heavy atom. The first-order valence-corrected chi connectivity index (χ1v) is 6.76. The van der Waals surface area contributed by atoms with Gasteiger partial charge in [0.05, 0.1) is 0 Å². The average Bonchev–Trinajstić information content (AvgIpc) is 2.46. The highest BCUT2D eigenvalue weighted by Gasteiger charge is 2.05. The van der Waals surface area contributed by atoms with E-state index in [1.54, 1.807) is 24.3 Å². The predicted molar refractivity (Wildman–Crippen MR) is 81.1 cm³/mol. The highest BCUT2D eigenvalue weighted by Crippen LogP contribution is 2.17. The number of aryl methyl sites for hydroxylation is 1. The van der Waals surface area contributed by atoms with Crippen LogP contribution >= 0.6 is 0 Å². The number of ether oxygens (including phenoxy) is 1. The van der Waals surface area contributed by atoms with Crippen LogP contribution in [0.2, 0.25) is 0 Å². The fourth-order valence-electron chi connectivity index (χ4n) is 1.93. The number of hydrogen-bond acceptors (Lipinski definition) is 3. The Balaban J connectivity index is 1.89. The highest BCUT2D eigenvalue weighted by atomic mass is 16.5. The lowest BCUT2D eigenvalue weighted by atomic mass is 10.1. The molecule has 1 amide bonds. The van der Waals surface area contributed by atoms with Crippen molar-refractivity contribution in [3.63, 3.8) is 0 Å². The first kappa shape index (κ1) is 14.8. The molecule has 0 aromatic heterocycles. The van der Waals surface area contributed by atoms with Crippen LogP contribution in [-0.4, -0.2) is 11.9 Å². The third-order valence-electron chi connectivity index (χ3n) is 2.86. The van der Waals surface area contributed by atoms with Gasteiger partial charge in [-0.1, -0.05) is 36.4 Å². The van der Waals surface area contributed by atoms with Crippen molar-refractivity contribution in [2.75, 3.05) is 5.32 Å². The van der Waals surface area contributed by atoms with Gasteiger partial charge in [0, 0.05) is 25.1 Å². The summed E-state index contributed by atoms with van der Waals surface area (Å²) in [6.45, 7) is 1.34. The van der Waals surface area contributed by atoms with E-state index in [2.05, 4.69) is 5.32 Å². The van der Waals surface area contributed by atoms with E-state index < -0.39 is 0 Å². The summed E-state index contributed by atoms with van der Waals surface area (Å²) in [4.78, 5) is 22.8. The summed E-state index contributed by atoms with van der Waals surface area (Å²) in [6, 6.07) is 16.6. The fraction of sp³-hybridized carbons (Fsp3) is 0.176. The molecule has 0 heterocycles. The van der Waals surface area contributed by atoms with Gasteiger partial charge in [-0.05, 0) is 24.1 Å². The van der Waals surface area contributed by atoms with Crippen LogP contribution in [0.3, 0.4) is 0 Å². The van der Waals surface area contributed by atoms with Gasteiger partial charge in [-0.25, -0.2) is 0 Å². The van der Waals surface area contributed by atoms with Gasteiger partial charge in [-0.15, -0.1) is 0 Å². The topological polar surface area (TPSA) is 55.4 Å². The summed E-state index contributed by atoms with van der Waals surface area (Å²) in [5.41, 5.74) is 1.74. The standard InChI is InChI=1S/C17H17NO3/c1-13(19)21-16-9-5-8-15(12-16)18-17(20)11-10-14-6-3-2-4-7-14/h2-9,12H,10-11H2,1H3,(H,18,20). The molecule has 0 bridgehead atoms. The summed E-state index contributed by atoms with van der Waals surface area (Å²) >= 11 is 0. The van der Waals surface area contributed by atoms with Crippen molar-refractivity contribution in [1.29, 1.82) is 0 Å². The Morgan fingerprint density at radius 1 is 1.05 bits per heavy atom. The molecule has 2 rings (SSSR count). The Labute approximate surface area is 123 Å². The van der Waals surface area contributed by atoms with Crippen LogP contribution in [0.25, 0.3) is 0 Å². The third-order valence-corrected chi connectivity index (χ3v) is 2.86. The highest BCUT2D eigenvalue weighted by molar-refractivity contribution is 5.91. The van der Waals surface area contributed by atoms with Crippen LogP contribution in [0, 0.1) is 0 Å². The van der Waals surface area contributed by atoms with E-state index in [4.69, 9.17) is 4.74 Å². The molecule has 21 heavy (non-hydrogen) atoms. The molecule has 0 radical (unpaired) electrons. The molecule has 0 atom stereocenters. The zero-order valence-electron chi connectivity index (χ0n) is 11.8. The number of carbonyl (C=O) groups is 2. The van der Waals surface area contributed by atoms with Crippen molar-refractivity contribution in [3.05, 3.63) is 60.2 Å². The molecule has 4 nitrogen and oxygen atoms in total. The molecule has 0 aliphatic rings. The lowest BCUT2D eigenvalue weighted by Gasteiger charge is -2.07. The Kier molecular flexibility index (Phi) is 5.10. The van der Waals surface area contributed by atoms with Gasteiger partial charge < -0.3 is 10.1 Å². The van der Waals surface area contributed by atoms with Crippen LogP contribution < -0.4 is 10.1 Å². The Hall–Kier alpha value is -2.62. The van der Waals surface area contributed by atoms with E-state index in [1.807, 2.05) is 30.3 Å². The molecule has 108 valence electrons. The van der Waals surface area contributed by atoms with E-state index in [-0.39, 0.29) is 11.9 Å². The van der Waals surface area contributed by atoms with Crippen molar-refractivity contribution in [1.82, 2.24) is 0 Å². The molecule has 0 aliphatic heterocycles. The molecule has 0 saturated heterocycles. The zero-order chi connectivity index (χ0) is 15.1. The molecule has 0 saturated carbocycles. The van der Waals surface area contributed by atoms with Gasteiger partial charge in [-0.3, -0.25) is 9.59 Å². The first-order valence-electron chi connectivity index (χ1n) is 6.76. The van der Waals surface area contributed by atoms with Crippen LogP contribution in [0.15, 0.2) is 54.6 Å². The molecule has 0 fully saturated rings. The molecule has 0 unspecified atom stereocenters. The second-order valence-corrected chi connectivity index (χ2v) is 4.66. The number of benzene rings is 2. The van der Waals surface area contributed by atoms with E-state index in [9.17, 15) is 9.59 Å². The second kappa shape index (κ2) is 7.24. The molecule has 0 aliphatic carbocycles. The van der Waals surface area contributed by atoms with Gasteiger partial charge in [0.1, 0.15) is 5.75 Å². The minimum atomic E-state index is -0.387. The van der Waals surface area contributed by atoms with Crippen molar-refractivity contribution < 1.29 is 14.3 Å². The van der Waals surface area contributed by atoms with Crippen LogP contribution in [0.5, 0.6) is 5.75 Å². The number of amides is 1. The summed E-state index contributed by atoms with van der Waals surface area (Å²) in [5, 5.41) is 2.80. The zero-order valence-corrected chi connectivity index (χ0v) is 11.8. The average molecular weight is 283 g/mol. The third kappa shape index (κ3) is 5.10. The van der Waals surface area contributed by atoms with E-state index in [0.29, 0.717) is 24.3 Å². The maximum Gasteiger partial charge on any atom is 0.308 e. The van der Waals surface area contributed by atoms with Crippen molar-refractivity contribution in [2.45, 2.75) is 19.8 Å². The fourth-order valence-corrected chi connectivity index (χ4v) is 1.93. The number of hydrogen-bond donors (Lipinski definition) is 1. The van der Waals surface area contributed by atoms with E-state index in [1.165, 1.54) is 6.92 Å². The summed E-state index contributed by atoms with van der Waals surface area (Å²) in [7, 11) is 0. The SMILES string of the molecule is CC(=O)Oc1cccc(NC(=O)CCc2ccccc2)c1. The van der Waals surface area contributed by atoms with E-state index >= 15 is 0 Å². The summed E-state index contributed by atoms with van der Waals surface area (Å²) in [5.74, 6) is -0.0373.